The van der Waals surface area contributed by atoms with Gasteiger partial charge in [-0.05, 0) is 35.2 Å². The van der Waals surface area contributed by atoms with Gasteiger partial charge in [0.15, 0.2) is 0 Å². The zero-order chi connectivity index (χ0) is 13.8. The summed E-state index contributed by atoms with van der Waals surface area (Å²) in [6.07, 6.45) is 1.77. The molecule has 0 aliphatic rings. The molecule has 0 aliphatic carbocycles. The van der Waals surface area contributed by atoms with E-state index in [1.807, 2.05) is 47.8 Å². The molecule has 0 fully saturated rings. The predicted molar refractivity (Wildman–Crippen MR) is 81.9 cm³/mol. The molecule has 4 nitrogen and oxygen atoms in total. The lowest BCUT2D eigenvalue weighted by Gasteiger charge is -2.08. The Morgan fingerprint density at radius 3 is 2.95 bits per heavy atom. The Labute approximate surface area is 120 Å². The normalized spacial score (nSPS) is 10.4. The number of rotatable bonds is 3. The van der Waals surface area contributed by atoms with E-state index in [1.54, 1.807) is 6.20 Å². The summed E-state index contributed by atoms with van der Waals surface area (Å²) in [4.78, 5) is 16.1. The van der Waals surface area contributed by atoms with Crippen molar-refractivity contribution in [1.29, 1.82) is 0 Å². The van der Waals surface area contributed by atoms with E-state index >= 15 is 0 Å². The second kappa shape index (κ2) is 5.71. The number of urea groups is 1. The zero-order valence-electron chi connectivity index (χ0n) is 10.7. The van der Waals surface area contributed by atoms with Gasteiger partial charge in [0.05, 0.1) is 10.5 Å². The molecule has 3 rings (SSSR count). The molecule has 1 aromatic carbocycles. The molecule has 0 saturated heterocycles. The number of anilines is 1. The molecule has 0 spiro atoms. The van der Waals surface area contributed by atoms with Crippen LogP contribution in [0.15, 0.2) is 54.0 Å². The Balaban J connectivity index is 1.69. The number of carbonyl (C=O) groups excluding carboxylic acids is 1. The molecule has 0 radical (unpaired) electrons. The summed E-state index contributed by atoms with van der Waals surface area (Å²) >= 11 is 1.49. The van der Waals surface area contributed by atoms with Crippen LogP contribution >= 0.6 is 11.3 Å². The minimum absolute atomic E-state index is 0.201. The van der Waals surface area contributed by atoms with Crippen LogP contribution in [0.4, 0.5) is 9.80 Å². The van der Waals surface area contributed by atoms with Crippen molar-refractivity contribution in [2.75, 3.05) is 5.32 Å². The molecule has 2 N–H and O–H groups in total. The summed E-state index contributed by atoms with van der Waals surface area (Å²) in [5.74, 6) is 0. The van der Waals surface area contributed by atoms with Crippen molar-refractivity contribution in [3.8, 4) is 0 Å². The van der Waals surface area contributed by atoms with E-state index in [2.05, 4.69) is 15.6 Å². The van der Waals surface area contributed by atoms with Crippen LogP contribution in [-0.4, -0.2) is 11.0 Å². The Kier molecular flexibility index (Phi) is 3.60. The number of nitrogens with one attached hydrogen (secondary N) is 2. The Hall–Kier alpha value is -2.40. The molecule has 2 heterocycles. The molecular formula is C15H13N3OS. The monoisotopic (exact) mass is 283 g/mol. The number of aromatic nitrogens is 1. The number of carbonyl (C=O) groups is 1. The Morgan fingerprint density at radius 2 is 2.10 bits per heavy atom. The Bertz CT molecular complexity index is 720. The van der Waals surface area contributed by atoms with Crippen molar-refractivity contribution in [1.82, 2.24) is 10.3 Å². The van der Waals surface area contributed by atoms with Crippen molar-refractivity contribution in [2.24, 2.45) is 0 Å². The van der Waals surface area contributed by atoms with E-state index in [0.717, 1.165) is 21.5 Å². The molecule has 0 bridgehead atoms. The van der Waals surface area contributed by atoms with Crippen molar-refractivity contribution >= 4 is 33.3 Å². The highest BCUT2D eigenvalue weighted by molar-refractivity contribution is 7.14. The van der Waals surface area contributed by atoms with Crippen molar-refractivity contribution < 1.29 is 4.79 Å². The van der Waals surface area contributed by atoms with E-state index in [1.165, 1.54) is 11.3 Å². The molecule has 2 aromatic heterocycles. The molecule has 20 heavy (non-hydrogen) atoms. The number of thiophene rings is 1. The average Bonchev–Trinajstić information content (AvgIpc) is 2.98. The van der Waals surface area contributed by atoms with E-state index < -0.39 is 0 Å². The second-order valence-corrected chi connectivity index (χ2v) is 5.22. The summed E-state index contributed by atoms with van der Waals surface area (Å²) in [6, 6.07) is 13.4. The lowest BCUT2D eigenvalue weighted by atomic mass is 10.1. The number of amides is 2. The molecule has 0 aliphatic heterocycles. The highest BCUT2D eigenvalue weighted by Crippen LogP contribution is 2.17. The van der Waals surface area contributed by atoms with Crippen LogP contribution in [0.2, 0.25) is 0 Å². The number of nitrogens with zero attached hydrogens (tertiary/aromatic N) is 1. The summed E-state index contributed by atoms with van der Waals surface area (Å²) in [6.45, 7) is 0.472. The number of pyridine rings is 1. The highest BCUT2D eigenvalue weighted by atomic mass is 32.1. The standard InChI is InChI=1S/C15H13N3OS/c19-15(18-14-7-3-9-20-14)17-10-11-4-1-6-13-12(11)5-2-8-16-13/h1-9H,10H2,(H2,17,18,19). The third-order valence-electron chi connectivity index (χ3n) is 2.93. The number of benzene rings is 1. The van der Waals surface area contributed by atoms with Gasteiger partial charge in [0.2, 0.25) is 0 Å². The fourth-order valence-corrected chi connectivity index (χ4v) is 2.61. The van der Waals surface area contributed by atoms with E-state index in [0.29, 0.717) is 6.54 Å². The van der Waals surface area contributed by atoms with Gasteiger partial charge in [0, 0.05) is 18.1 Å². The first-order chi connectivity index (χ1) is 9.83. The smallest absolute Gasteiger partial charge is 0.320 e. The van der Waals surface area contributed by atoms with Crippen LogP contribution in [-0.2, 0) is 6.54 Å². The Morgan fingerprint density at radius 1 is 1.15 bits per heavy atom. The zero-order valence-corrected chi connectivity index (χ0v) is 11.5. The van der Waals surface area contributed by atoms with Crippen LogP contribution in [0, 0.1) is 0 Å². The maximum absolute atomic E-state index is 11.8. The highest BCUT2D eigenvalue weighted by Gasteiger charge is 2.04. The van der Waals surface area contributed by atoms with Gasteiger partial charge in [-0.2, -0.15) is 0 Å². The lowest BCUT2D eigenvalue weighted by Crippen LogP contribution is -2.27. The van der Waals surface area contributed by atoms with Crippen molar-refractivity contribution in [3.05, 3.63) is 59.6 Å². The first kappa shape index (κ1) is 12.6. The molecular weight excluding hydrogens is 270 g/mol. The molecule has 0 saturated carbocycles. The third-order valence-corrected chi connectivity index (χ3v) is 3.72. The second-order valence-electron chi connectivity index (χ2n) is 4.27. The fourth-order valence-electron chi connectivity index (χ4n) is 2.00. The molecule has 0 atom stereocenters. The minimum Gasteiger partial charge on any atom is -0.334 e. The van der Waals surface area contributed by atoms with Gasteiger partial charge in [-0.25, -0.2) is 4.79 Å². The summed E-state index contributed by atoms with van der Waals surface area (Å²) < 4.78 is 0. The first-order valence-electron chi connectivity index (χ1n) is 6.24. The van der Waals surface area contributed by atoms with E-state index in [4.69, 9.17) is 0 Å². The van der Waals surface area contributed by atoms with Gasteiger partial charge in [0.1, 0.15) is 0 Å². The predicted octanol–water partition coefficient (Wildman–Crippen LogP) is 3.62. The fraction of sp³-hybridized carbons (Fsp3) is 0.0667. The molecule has 2 amide bonds. The van der Waals surface area contributed by atoms with Gasteiger partial charge >= 0.3 is 6.03 Å². The maximum Gasteiger partial charge on any atom is 0.320 e. The van der Waals surface area contributed by atoms with Gasteiger partial charge in [-0.15, -0.1) is 11.3 Å². The third kappa shape index (κ3) is 2.78. The quantitative estimate of drug-likeness (QED) is 0.771. The summed E-state index contributed by atoms with van der Waals surface area (Å²) in [5, 5.41) is 9.47. The SMILES string of the molecule is O=C(NCc1cccc2ncccc12)Nc1cccs1. The van der Waals surface area contributed by atoms with Gasteiger partial charge in [-0.1, -0.05) is 18.2 Å². The van der Waals surface area contributed by atoms with Crippen LogP contribution in [0.1, 0.15) is 5.56 Å². The van der Waals surface area contributed by atoms with Crippen LogP contribution in [0.5, 0.6) is 0 Å². The summed E-state index contributed by atoms with van der Waals surface area (Å²) in [7, 11) is 0. The average molecular weight is 283 g/mol. The molecule has 0 unspecified atom stereocenters. The molecule has 3 aromatic rings. The number of fused-ring (bicyclic) bond motifs is 1. The van der Waals surface area contributed by atoms with Gasteiger partial charge in [-0.3, -0.25) is 10.3 Å². The maximum atomic E-state index is 11.8. The van der Waals surface area contributed by atoms with Gasteiger partial charge in [0.25, 0.3) is 0 Å². The lowest BCUT2D eigenvalue weighted by molar-refractivity contribution is 0.252. The van der Waals surface area contributed by atoms with Gasteiger partial charge < -0.3 is 5.32 Å². The number of hydrogen-bond donors (Lipinski definition) is 2. The number of hydrogen-bond acceptors (Lipinski definition) is 3. The van der Waals surface area contributed by atoms with Crippen molar-refractivity contribution in [2.45, 2.75) is 6.54 Å². The van der Waals surface area contributed by atoms with Crippen LogP contribution in [0.3, 0.4) is 0 Å². The molecule has 100 valence electrons. The first-order valence-corrected chi connectivity index (χ1v) is 7.12. The van der Waals surface area contributed by atoms with E-state index in [9.17, 15) is 4.79 Å². The molecule has 5 heteroatoms. The van der Waals surface area contributed by atoms with E-state index in [-0.39, 0.29) is 6.03 Å². The minimum atomic E-state index is -0.201. The summed E-state index contributed by atoms with van der Waals surface area (Å²) in [5.41, 5.74) is 1.99. The largest absolute Gasteiger partial charge is 0.334 e. The van der Waals surface area contributed by atoms with Crippen LogP contribution < -0.4 is 10.6 Å². The van der Waals surface area contributed by atoms with Crippen LogP contribution in [0.25, 0.3) is 10.9 Å². The van der Waals surface area contributed by atoms with Crippen molar-refractivity contribution in [3.63, 3.8) is 0 Å². The topological polar surface area (TPSA) is 54.0 Å².